The Balaban J connectivity index is 1.42. The van der Waals surface area contributed by atoms with Crippen molar-refractivity contribution in [2.75, 3.05) is 23.3 Å². The molecule has 4 rings (SSSR count). The van der Waals surface area contributed by atoms with E-state index in [1.807, 2.05) is 29.6 Å². The number of non-ortho nitro benzene ring substituents is 1. The summed E-state index contributed by atoms with van der Waals surface area (Å²) in [7, 11) is 0. The maximum Gasteiger partial charge on any atom is 0.269 e. The third-order valence-electron chi connectivity index (χ3n) is 5.22. The van der Waals surface area contributed by atoms with Crippen LogP contribution in [-0.4, -0.2) is 34.1 Å². The Morgan fingerprint density at radius 3 is 2.80 bits per heavy atom. The van der Waals surface area contributed by atoms with Crippen molar-refractivity contribution in [2.45, 2.75) is 19.8 Å². The minimum Gasteiger partial charge on any atom is -0.354 e. The van der Waals surface area contributed by atoms with E-state index in [4.69, 9.17) is 0 Å². The lowest BCUT2D eigenvalue weighted by Gasteiger charge is -2.32. The molecule has 2 aromatic heterocycles. The maximum atomic E-state index is 12.8. The molecule has 9 heteroatoms. The van der Waals surface area contributed by atoms with Gasteiger partial charge in [0.15, 0.2) is 5.82 Å². The number of thiophene rings is 1. The zero-order valence-corrected chi connectivity index (χ0v) is 17.3. The van der Waals surface area contributed by atoms with Gasteiger partial charge in [-0.05, 0) is 55.0 Å². The van der Waals surface area contributed by atoms with Crippen LogP contribution >= 0.6 is 11.3 Å². The van der Waals surface area contributed by atoms with Crippen molar-refractivity contribution in [3.8, 4) is 10.6 Å². The molecule has 1 aliphatic rings. The highest BCUT2D eigenvalue weighted by Gasteiger charge is 2.27. The van der Waals surface area contributed by atoms with E-state index < -0.39 is 4.92 Å². The molecule has 1 amide bonds. The molecule has 8 nitrogen and oxygen atoms in total. The van der Waals surface area contributed by atoms with Crippen LogP contribution in [0, 0.1) is 23.0 Å². The summed E-state index contributed by atoms with van der Waals surface area (Å²) in [5.41, 5.74) is 2.12. The van der Waals surface area contributed by atoms with E-state index in [-0.39, 0.29) is 17.5 Å². The van der Waals surface area contributed by atoms with Gasteiger partial charge in [0, 0.05) is 30.9 Å². The number of carbonyl (C=O) groups is 1. The Morgan fingerprint density at radius 2 is 2.13 bits per heavy atom. The van der Waals surface area contributed by atoms with E-state index >= 15 is 0 Å². The number of carbonyl (C=O) groups excluding carboxylic acids is 1. The van der Waals surface area contributed by atoms with Gasteiger partial charge in [-0.2, -0.15) is 0 Å². The van der Waals surface area contributed by atoms with Crippen LogP contribution in [0.25, 0.3) is 10.6 Å². The maximum absolute atomic E-state index is 12.8. The number of amides is 1. The molecule has 0 saturated carbocycles. The Bertz CT molecular complexity index is 1050. The summed E-state index contributed by atoms with van der Waals surface area (Å²) in [6.45, 7) is 3.14. The molecule has 3 aromatic rings. The van der Waals surface area contributed by atoms with Crippen molar-refractivity contribution >= 4 is 34.4 Å². The molecule has 1 N–H and O–H groups in total. The van der Waals surface area contributed by atoms with Crippen LogP contribution in [0.15, 0.2) is 47.8 Å². The molecule has 1 aliphatic heterocycles. The van der Waals surface area contributed by atoms with E-state index in [0.717, 1.165) is 35.8 Å². The van der Waals surface area contributed by atoms with E-state index in [1.54, 1.807) is 24.3 Å². The highest BCUT2D eigenvalue weighted by molar-refractivity contribution is 7.13. The summed E-state index contributed by atoms with van der Waals surface area (Å²) in [6, 6.07) is 12.3. The highest BCUT2D eigenvalue weighted by atomic mass is 32.1. The molecule has 0 bridgehead atoms. The van der Waals surface area contributed by atoms with Gasteiger partial charge in [0.1, 0.15) is 5.69 Å². The fourth-order valence-electron chi connectivity index (χ4n) is 3.59. The number of nitro benzene ring substituents is 1. The number of anilines is 2. The van der Waals surface area contributed by atoms with E-state index in [1.165, 1.54) is 12.1 Å². The van der Waals surface area contributed by atoms with Gasteiger partial charge in [-0.1, -0.05) is 6.07 Å². The van der Waals surface area contributed by atoms with E-state index in [2.05, 4.69) is 20.4 Å². The van der Waals surface area contributed by atoms with E-state index in [0.29, 0.717) is 17.8 Å². The van der Waals surface area contributed by atoms with Gasteiger partial charge < -0.3 is 10.2 Å². The summed E-state index contributed by atoms with van der Waals surface area (Å²) >= 11 is 1.62. The normalized spacial score (nSPS) is 16.3. The standard InChI is InChI=1S/C21H21N5O3S/c1-14-12-16(26(28)29)6-7-17(14)22-21(27)15-4-2-10-25(13-15)20-9-8-18(23-24-20)19-5-3-11-30-19/h3,5-9,11-12,15H,2,4,10,13H2,1H3,(H,22,27). The smallest absolute Gasteiger partial charge is 0.269 e. The van der Waals surface area contributed by atoms with Gasteiger partial charge in [0.25, 0.3) is 5.69 Å². The van der Waals surface area contributed by atoms with Crippen LogP contribution in [0.1, 0.15) is 18.4 Å². The number of hydrogen-bond donors (Lipinski definition) is 1. The molecule has 0 spiro atoms. The largest absolute Gasteiger partial charge is 0.354 e. The molecule has 154 valence electrons. The molecule has 0 radical (unpaired) electrons. The van der Waals surface area contributed by atoms with Crippen LogP contribution in [-0.2, 0) is 4.79 Å². The summed E-state index contributed by atoms with van der Waals surface area (Å²) in [6.07, 6.45) is 1.67. The summed E-state index contributed by atoms with van der Waals surface area (Å²) in [4.78, 5) is 26.4. The van der Waals surface area contributed by atoms with Gasteiger partial charge in [0.2, 0.25) is 5.91 Å². The lowest BCUT2D eigenvalue weighted by Crippen LogP contribution is -2.41. The summed E-state index contributed by atoms with van der Waals surface area (Å²) in [5.74, 6) is 0.492. The van der Waals surface area contributed by atoms with Gasteiger partial charge in [-0.3, -0.25) is 14.9 Å². The van der Waals surface area contributed by atoms with Crippen LogP contribution in [0.2, 0.25) is 0 Å². The number of nitrogens with zero attached hydrogens (tertiary/aromatic N) is 4. The highest BCUT2D eigenvalue weighted by Crippen LogP contribution is 2.27. The average molecular weight is 423 g/mol. The SMILES string of the molecule is Cc1cc([N+](=O)[O-])ccc1NC(=O)C1CCCN(c2ccc(-c3cccs3)nn2)C1. The first-order chi connectivity index (χ1) is 14.5. The molecule has 1 unspecified atom stereocenters. The first kappa shape index (κ1) is 20.0. The first-order valence-corrected chi connectivity index (χ1v) is 10.6. The molecular formula is C21H21N5O3S. The van der Waals surface area contributed by atoms with Gasteiger partial charge in [0.05, 0.1) is 15.7 Å². The predicted molar refractivity (Wildman–Crippen MR) is 117 cm³/mol. The second-order valence-electron chi connectivity index (χ2n) is 7.28. The molecule has 30 heavy (non-hydrogen) atoms. The summed E-state index contributed by atoms with van der Waals surface area (Å²) in [5, 5.41) is 24.5. The lowest BCUT2D eigenvalue weighted by atomic mass is 9.97. The summed E-state index contributed by atoms with van der Waals surface area (Å²) < 4.78 is 0. The number of rotatable bonds is 5. The van der Waals surface area contributed by atoms with Crippen molar-refractivity contribution in [3.63, 3.8) is 0 Å². The molecule has 1 saturated heterocycles. The topological polar surface area (TPSA) is 101 Å². The van der Waals surface area contributed by atoms with E-state index in [9.17, 15) is 14.9 Å². The van der Waals surface area contributed by atoms with Crippen molar-refractivity contribution in [1.82, 2.24) is 10.2 Å². The number of nitrogens with one attached hydrogen (secondary N) is 1. The molecule has 3 heterocycles. The lowest BCUT2D eigenvalue weighted by molar-refractivity contribution is -0.384. The second-order valence-corrected chi connectivity index (χ2v) is 8.23. The number of benzene rings is 1. The number of aromatic nitrogens is 2. The predicted octanol–water partition coefficient (Wildman–Crippen LogP) is 4.28. The molecule has 1 atom stereocenters. The fraction of sp³-hybridized carbons (Fsp3) is 0.286. The number of hydrogen-bond acceptors (Lipinski definition) is 7. The van der Waals surface area contributed by atoms with Gasteiger partial charge in [-0.25, -0.2) is 0 Å². The quantitative estimate of drug-likeness (QED) is 0.486. The van der Waals surface area contributed by atoms with Crippen molar-refractivity contribution in [2.24, 2.45) is 5.92 Å². The van der Waals surface area contributed by atoms with Crippen LogP contribution < -0.4 is 10.2 Å². The van der Waals surface area contributed by atoms with Crippen molar-refractivity contribution < 1.29 is 9.72 Å². The molecule has 1 aromatic carbocycles. The number of aryl methyl sites for hydroxylation is 1. The van der Waals surface area contributed by atoms with Crippen LogP contribution in [0.3, 0.4) is 0 Å². The monoisotopic (exact) mass is 423 g/mol. The first-order valence-electron chi connectivity index (χ1n) is 9.70. The minimum atomic E-state index is -0.442. The van der Waals surface area contributed by atoms with Crippen LogP contribution in [0.4, 0.5) is 17.2 Å². The van der Waals surface area contributed by atoms with Gasteiger partial charge >= 0.3 is 0 Å². The third kappa shape index (κ3) is 4.30. The Labute approximate surface area is 177 Å². The third-order valence-corrected chi connectivity index (χ3v) is 6.11. The molecule has 1 fully saturated rings. The Hall–Kier alpha value is -3.33. The molecular weight excluding hydrogens is 402 g/mol. The average Bonchev–Trinajstić information content (AvgIpc) is 3.30. The van der Waals surface area contributed by atoms with Crippen LogP contribution in [0.5, 0.6) is 0 Å². The second kappa shape index (κ2) is 8.58. The fourth-order valence-corrected chi connectivity index (χ4v) is 4.28. The Morgan fingerprint density at radius 1 is 1.27 bits per heavy atom. The number of nitro groups is 1. The van der Waals surface area contributed by atoms with Crippen molar-refractivity contribution in [1.29, 1.82) is 0 Å². The molecule has 0 aliphatic carbocycles. The number of piperidine rings is 1. The van der Waals surface area contributed by atoms with Crippen molar-refractivity contribution in [3.05, 3.63) is 63.5 Å². The zero-order valence-electron chi connectivity index (χ0n) is 16.4. The van der Waals surface area contributed by atoms with Gasteiger partial charge in [-0.15, -0.1) is 21.5 Å². The minimum absolute atomic E-state index is 0.0129. The Kier molecular flexibility index (Phi) is 5.71. The zero-order chi connectivity index (χ0) is 21.1.